The van der Waals surface area contributed by atoms with Crippen molar-refractivity contribution in [3.8, 4) is 11.1 Å². The summed E-state index contributed by atoms with van der Waals surface area (Å²) in [6.45, 7) is 4.33. The first-order chi connectivity index (χ1) is 17.5. The molecule has 0 radical (unpaired) electrons. The molecule has 0 N–H and O–H groups in total. The minimum Gasteiger partial charge on any atom is -0.206 e. The molecule has 0 atom stereocenters. The number of rotatable bonds is 9. The van der Waals surface area contributed by atoms with Crippen LogP contribution in [0.5, 0.6) is 0 Å². The summed E-state index contributed by atoms with van der Waals surface area (Å²) in [6, 6.07) is 16.1. The van der Waals surface area contributed by atoms with Crippen molar-refractivity contribution in [1.82, 2.24) is 0 Å². The van der Waals surface area contributed by atoms with Crippen molar-refractivity contribution in [2.75, 3.05) is 0 Å². The van der Waals surface area contributed by atoms with Gasteiger partial charge in [0.25, 0.3) is 0 Å². The summed E-state index contributed by atoms with van der Waals surface area (Å²) in [4.78, 5) is 0. The lowest BCUT2D eigenvalue weighted by Crippen LogP contribution is -2.14. The molecule has 0 aromatic heterocycles. The van der Waals surface area contributed by atoms with Gasteiger partial charge in [0.2, 0.25) is 0 Å². The van der Waals surface area contributed by atoms with Gasteiger partial charge in [-0.05, 0) is 78.7 Å². The van der Waals surface area contributed by atoms with E-state index >= 15 is 8.78 Å². The quantitative estimate of drug-likeness (QED) is 0.262. The molecule has 0 nitrogen and oxygen atoms in total. The maximum atomic E-state index is 15.1. The average molecular weight is 491 g/mol. The molecule has 1 aliphatic carbocycles. The predicted octanol–water partition coefficient (Wildman–Crippen LogP) is 10.4. The van der Waals surface area contributed by atoms with Crippen LogP contribution in [0.25, 0.3) is 23.3 Å². The molecule has 3 aromatic rings. The SMILES string of the molecule is CCCCc1ccc(/C=C/c2ccc(-c3ccc(C4CCC(CCC)CC4)c(F)c3F)cc2)c(F)c1. The Morgan fingerprint density at radius 2 is 1.53 bits per heavy atom. The molecule has 1 saturated carbocycles. The number of aryl methyl sites for hydroxylation is 1. The van der Waals surface area contributed by atoms with Gasteiger partial charge in [0, 0.05) is 11.1 Å². The van der Waals surface area contributed by atoms with Crippen molar-refractivity contribution < 1.29 is 13.2 Å². The molecule has 0 bridgehead atoms. The van der Waals surface area contributed by atoms with Crippen molar-refractivity contribution in [3.63, 3.8) is 0 Å². The second-order valence-electron chi connectivity index (χ2n) is 10.3. The molecule has 0 heterocycles. The van der Waals surface area contributed by atoms with Gasteiger partial charge >= 0.3 is 0 Å². The van der Waals surface area contributed by atoms with Crippen LogP contribution in [0.2, 0.25) is 0 Å². The topological polar surface area (TPSA) is 0 Å². The maximum Gasteiger partial charge on any atom is 0.166 e. The van der Waals surface area contributed by atoms with Gasteiger partial charge in [-0.3, -0.25) is 0 Å². The lowest BCUT2D eigenvalue weighted by atomic mass is 9.77. The summed E-state index contributed by atoms with van der Waals surface area (Å²) < 4.78 is 44.6. The smallest absolute Gasteiger partial charge is 0.166 e. The van der Waals surface area contributed by atoms with Gasteiger partial charge in [0.05, 0.1) is 0 Å². The van der Waals surface area contributed by atoms with Crippen LogP contribution in [0.1, 0.15) is 93.4 Å². The Bertz CT molecular complexity index is 1170. The van der Waals surface area contributed by atoms with Gasteiger partial charge in [-0.1, -0.05) is 93.8 Å². The molecule has 3 heteroatoms. The third-order valence-electron chi connectivity index (χ3n) is 7.66. The van der Waals surface area contributed by atoms with E-state index in [1.165, 1.54) is 12.8 Å². The molecule has 190 valence electrons. The van der Waals surface area contributed by atoms with E-state index in [0.29, 0.717) is 16.7 Å². The summed E-state index contributed by atoms with van der Waals surface area (Å²) in [5.74, 6) is -0.860. The number of halogens is 3. The van der Waals surface area contributed by atoms with Crippen LogP contribution in [0.3, 0.4) is 0 Å². The van der Waals surface area contributed by atoms with E-state index in [9.17, 15) is 4.39 Å². The van der Waals surface area contributed by atoms with E-state index in [1.807, 2.05) is 24.3 Å². The molecule has 0 amide bonds. The lowest BCUT2D eigenvalue weighted by Gasteiger charge is -2.29. The Morgan fingerprint density at radius 1 is 0.778 bits per heavy atom. The van der Waals surface area contributed by atoms with E-state index in [2.05, 4.69) is 13.8 Å². The van der Waals surface area contributed by atoms with Gasteiger partial charge in [-0.15, -0.1) is 0 Å². The number of hydrogen-bond acceptors (Lipinski definition) is 0. The second kappa shape index (κ2) is 12.4. The molecular weight excluding hydrogens is 453 g/mol. The highest BCUT2D eigenvalue weighted by atomic mass is 19.2. The van der Waals surface area contributed by atoms with Crippen molar-refractivity contribution in [2.45, 2.75) is 77.6 Å². The first-order valence-corrected chi connectivity index (χ1v) is 13.5. The first kappa shape index (κ1) is 26.3. The zero-order valence-electron chi connectivity index (χ0n) is 21.5. The summed E-state index contributed by atoms with van der Waals surface area (Å²) in [5.41, 5.74) is 3.85. The molecule has 0 saturated heterocycles. The molecule has 0 spiro atoms. The van der Waals surface area contributed by atoms with E-state index in [0.717, 1.165) is 62.0 Å². The van der Waals surface area contributed by atoms with E-state index in [4.69, 9.17) is 0 Å². The molecule has 4 rings (SSSR count). The monoisotopic (exact) mass is 490 g/mol. The Morgan fingerprint density at radius 3 is 2.19 bits per heavy atom. The third kappa shape index (κ3) is 6.30. The lowest BCUT2D eigenvalue weighted by molar-refractivity contribution is 0.303. The third-order valence-corrected chi connectivity index (χ3v) is 7.66. The summed E-state index contributed by atoms with van der Waals surface area (Å²) in [5, 5.41) is 0. The van der Waals surface area contributed by atoms with Gasteiger partial charge in [0.1, 0.15) is 5.82 Å². The molecule has 0 aliphatic heterocycles. The minimum absolute atomic E-state index is 0.107. The number of hydrogen-bond donors (Lipinski definition) is 0. The molecule has 36 heavy (non-hydrogen) atoms. The van der Waals surface area contributed by atoms with Gasteiger partial charge < -0.3 is 0 Å². The van der Waals surface area contributed by atoms with Crippen LogP contribution in [0.15, 0.2) is 54.6 Å². The highest BCUT2D eigenvalue weighted by Crippen LogP contribution is 2.40. The fraction of sp³-hybridized carbons (Fsp3) is 0.394. The highest BCUT2D eigenvalue weighted by molar-refractivity contribution is 5.72. The van der Waals surface area contributed by atoms with E-state index in [1.54, 1.807) is 42.5 Å². The van der Waals surface area contributed by atoms with E-state index in [-0.39, 0.29) is 17.3 Å². The van der Waals surface area contributed by atoms with E-state index < -0.39 is 11.6 Å². The van der Waals surface area contributed by atoms with Crippen LogP contribution in [0.4, 0.5) is 13.2 Å². The maximum absolute atomic E-state index is 15.1. The Kier molecular flexibility index (Phi) is 9.07. The molecule has 1 aliphatic rings. The molecular formula is C33H37F3. The van der Waals surface area contributed by atoms with Crippen LogP contribution in [0, 0.1) is 23.4 Å². The fourth-order valence-corrected chi connectivity index (χ4v) is 5.48. The van der Waals surface area contributed by atoms with Gasteiger partial charge in [-0.2, -0.15) is 0 Å². The highest BCUT2D eigenvalue weighted by Gasteiger charge is 2.26. The number of unbranched alkanes of at least 4 members (excludes halogenated alkanes) is 1. The Hall–Kier alpha value is -2.81. The molecule has 3 aromatic carbocycles. The van der Waals surface area contributed by atoms with Crippen molar-refractivity contribution >= 4 is 12.2 Å². The Balaban J connectivity index is 1.45. The summed E-state index contributed by atoms with van der Waals surface area (Å²) in [7, 11) is 0. The van der Waals surface area contributed by atoms with Crippen LogP contribution in [-0.2, 0) is 6.42 Å². The van der Waals surface area contributed by atoms with Crippen LogP contribution >= 0.6 is 0 Å². The number of benzene rings is 3. The van der Waals surface area contributed by atoms with Crippen molar-refractivity contribution in [3.05, 3.63) is 94.3 Å². The normalized spacial score (nSPS) is 18.1. The summed E-state index contributed by atoms with van der Waals surface area (Å²) >= 11 is 0. The second-order valence-corrected chi connectivity index (χ2v) is 10.3. The first-order valence-electron chi connectivity index (χ1n) is 13.5. The summed E-state index contributed by atoms with van der Waals surface area (Å²) in [6.07, 6.45) is 13.1. The zero-order valence-corrected chi connectivity index (χ0v) is 21.5. The zero-order chi connectivity index (χ0) is 25.5. The van der Waals surface area contributed by atoms with Crippen LogP contribution < -0.4 is 0 Å². The fourth-order valence-electron chi connectivity index (χ4n) is 5.48. The van der Waals surface area contributed by atoms with Crippen molar-refractivity contribution in [1.29, 1.82) is 0 Å². The minimum atomic E-state index is -0.767. The van der Waals surface area contributed by atoms with Crippen molar-refractivity contribution in [2.24, 2.45) is 5.92 Å². The van der Waals surface area contributed by atoms with Gasteiger partial charge in [-0.25, -0.2) is 13.2 Å². The Labute approximate surface area is 214 Å². The predicted molar refractivity (Wildman–Crippen MR) is 145 cm³/mol. The molecule has 0 unspecified atom stereocenters. The standard InChI is InChI=1S/C33H37F3/c1-3-5-7-25-13-19-28(31(34)22-25)18-12-24-10-16-27(17-11-24)30-21-20-29(32(35)33(30)36)26-14-8-23(6-4-2)9-15-26/h10-13,16-23,26H,3-9,14-15H2,1-2H3/b18-12+. The average Bonchev–Trinajstić information content (AvgIpc) is 2.90. The molecule has 1 fully saturated rings. The largest absolute Gasteiger partial charge is 0.206 e. The van der Waals surface area contributed by atoms with Crippen LogP contribution in [-0.4, -0.2) is 0 Å². The van der Waals surface area contributed by atoms with Gasteiger partial charge in [0.15, 0.2) is 11.6 Å².